The van der Waals surface area contributed by atoms with Gasteiger partial charge in [-0.3, -0.25) is 0 Å². The molecule has 2 N–H and O–H groups in total. The van der Waals surface area contributed by atoms with Crippen molar-refractivity contribution < 1.29 is 4.74 Å². The number of hydrogen-bond acceptors (Lipinski definition) is 2. The summed E-state index contributed by atoms with van der Waals surface area (Å²) in [5.74, 6) is 2.37. The molecule has 1 aromatic rings. The zero-order valence-electron chi connectivity index (χ0n) is 12.6. The molecule has 0 spiro atoms. The minimum atomic E-state index is 0.406. The number of hydrogen-bond donors (Lipinski definition) is 1. The number of rotatable bonds is 4. The maximum absolute atomic E-state index is 6.09. The van der Waals surface area contributed by atoms with Gasteiger partial charge in [0, 0.05) is 6.04 Å². The molecular weight excluding hydrogens is 246 g/mol. The molecule has 3 rings (SSSR count). The van der Waals surface area contributed by atoms with Crippen LogP contribution in [0, 0.1) is 5.92 Å². The molecule has 0 radical (unpaired) electrons. The van der Waals surface area contributed by atoms with Crippen molar-refractivity contribution in [3.05, 3.63) is 29.8 Å². The molecule has 3 atom stereocenters. The van der Waals surface area contributed by atoms with Gasteiger partial charge >= 0.3 is 0 Å². The zero-order chi connectivity index (χ0) is 13.9. The van der Waals surface area contributed by atoms with Crippen molar-refractivity contribution in [3.63, 3.8) is 0 Å². The average Bonchev–Trinajstić information content (AvgIpc) is 2.47. The van der Waals surface area contributed by atoms with E-state index in [9.17, 15) is 0 Å². The molecule has 0 bridgehead atoms. The summed E-state index contributed by atoms with van der Waals surface area (Å²) < 4.78 is 6.09. The van der Waals surface area contributed by atoms with Gasteiger partial charge in [-0.15, -0.1) is 0 Å². The molecule has 2 saturated carbocycles. The molecule has 3 unspecified atom stereocenters. The van der Waals surface area contributed by atoms with Crippen LogP contribution in [0.3, 0.4) is 0 Å². The lowest BCUT2D eigenvalue weighted by Gasteiger charge is -2.42. The Hall–Kier alpha value is -1.02. The highest BCUT2D eigenvalue weighted by Gasteiger charge is 2.37. The van der Waals surface area contributed by atoms with Crippen LogP contribution < -0.4 is 10.5 Å². The fraction of sp³-hybridized carbons (Fsp3) is 0.667. The van der Waals surface area contributed by atoms with Gasteiger partial charge in [-0.05, 0) is 61.6 Å². The molecule has 20 heavy (non-hydrogen) atoms. The van der Waals surface area contributed by atoms with Gasteiger partial charge in [0.1, 0.15) is 5.75 Å². The second-order valence-corrected chi connectivity index (χ2v) is 6.53. The molecule has 2 aliphatic carbocycles. The third kappa shape index (κ3) is 2.85. The van der Waals surface area contributed by atoms with Gasteiger partial charge in [-0.1, -0.05) is 31.9 Å². The Morgan fingerprint density at radius 2 is 1.80 bits per heavy atom. The quantitative estimate of drug-likeness (QED) is 0.890. The van der Waals surface area contributed by atoms with E-state index >= 15 is 0 Å². The Kier molecular flexibility index (Phi) is 4.30. The lowest BCUT2D eigenvalue weighted by molar-refractivity contribution is 0.154. The normalized spacial score (nSPS) is 30.8. The van der Waals surface area contributed by atoms with Crippen molar-refractivity contribution in [1.82, 2.24) is 0 Å². The van der Waals surface area contributed by atoms with Gasteiger partial charge in [0.2, 0.25) is 0 Å². The number of nitrogens with two attached hydrogens (primary N) is 1. The third-order valence-corrected chi connectivity index (χ3v) is 5.23. The van der Waals surface area contributed by atoms with Crippen LogP contribution in [0.2, 0.25) is 0 Å². The fourth-order valence-electron chi connectivity index (χ4n) is 3.88. The van der Waals surface area contributed by atoms with E-state index in [4.69, 9.17) is 10.5 Å². The van der Waals surface area contributed by atoms with E-state index in [1.807, 2.05) is 0 Å². The molecule has 2 nitrogen and oxygen atoms in total. The van der Waals surface area contributed by atoms with Gasteiger partial charge in [-0.2, -0.15) is 0 Å². The standard InChI is InChI=1S/C18H27NO/c1-2-16-17(12-18(16)19)13-8-10-15(11-9-13)20-14-6-4-3-5-7-14/h8-11,14,16-18H,2-7,12,19H2,1H3. The van der Waals surface area contributed by atoms with Gasteiger partial charge in [0.25, 0.3) is 0 Å². The maximum Gasteiger partial charge on any atom is 0.119 e. The van der Waals surface area contributed by atoms with Crippen LogP contribution in [-0.2, 0) is 0 Å². The van der Waals surface area contributed by atoms with E-state index in [2.05, 4.69) is 31.2 Å². The lowest BCUT2D eigenvalue weighted by Crippen LogP contribution is -2.45. The van der Waals surface area contributed by atoms with Crippen LogP contribution in [0.4, 0.5) is 0 Å². The number of benzene rings is 1. The second-order valence-electron chi connectivity index (χ2n) is 6.53. The maximum atomic E-state index is 6.09. The lowest BCUT2D eigenvalue weighted by atomic mass is 9.65. The summed E-state index contributed by atoms with van der Waals surface area (Å²) in [6, 6.07) is 9.21. The molecule has 2 fully saturated rings. The Labute approximate surface area is 122 Å². The Morgan fingerprint density at radius 3 is 2.40 bits per heavy atom. The highest BCUT2D eigenvalue weighted by atomic mass is 16.5. The first kappa shape index (κ1) is 13.9. The van der Waals surface area contributed by atoms with E-state index in [0.717, 1.165) is 12.2 Å². The smallest absolute Gasteiger partial charge is 0.119 e. The molecule has 2 heteroatoms. The molecule has 2 aliphatic rings. The Bertz CT molecular complexity index is 422. The van der Waals surface area contributed by atoms with E-state index in [-0.39, 0.29) is 0 Å². The van der Waals surface area contributed by atoms with Crippen molar-refractivity contribution in [2.45, 2.75) is 69.9 Å². The van der Waals surface area contributed by atoms with Crippen LogP contribution in [0.5, 0.6) is 5.75 Å². The molecule has 0 heterocycles. The van der Waals surface area contributed by atoms with Gasteiger partial charge < -0.3 is 10.5 Å². The van der Waals surface area contributed by atoms with Crippen LogP contribution in [0.25, 0.3) is 0 Å². The van der Waals surface area contributed by atoms with Crippen molar-refractivity contribution in [2.75, 3.05) is 0 Å². The largest absolute Gasteiger partial charge is 0.490 e. The molecule has 0 amide bonds. The highest BCUT2D eigenvalue weighted by Crippen LogP contribution is 2.43. The molecule has 0 aliphatic heterocycles. The predicted molar refractivity (Wildman–Crippen MR) is 83.1 cm³/mol. The molecule has 110 valence electrons. The zero-order valence-corrected chi connectivity index (χ0v) is 12.6. The van der Waals surface area contributed by atoms with E-state index in [0.29, 0.717) is 24.0 Å². The van der Waals surface area contributed by atoms with E-state index < -0.39 is 0 Å². The highest BCUT2D eigenvalue weighted by molar-refractivity contribution is 5.32. The number of ether oxygens (including phenoxy) is 1. The Balaban J connectivity index is 1.60. The summed E-state index contributed by atoms with van der Waals surface area (Å²) in [6.45, 7) is 2.25. The van der Waals surface area contributed by atoms with E-state index in [1.165, 1.54) is 44.1 Å². The second kappa shape index (κ2) is 6.17. The first-order chi connectivity index (χ1) is 9.78. The summed E-state index contributed by atoms with van der Waals surface area (Å²) in [5, 5.41) is 0. The summed E-state index contributed by atoms with van der Waals surface area (Å²) in [6.07, 6.45) is 9.22. The molecule has 1 aromatic carbocycles. The Morgan fingerprint density at radius 1 is 1.10 bits per heavy atom. The van der Waals surface area contributed by atoms with Crippen LogP contribution in [-0.4, -0.2) is 12.1 Å². The van der Waals surface area contributed by atoms with Crippen LogP contribution in [0.15, 0.2) is 24.3 Å². The summed E-state index contributed by atoms with van der Waals surface area (Å²) in [4.78, 5) is 0. The first-order valence-electron chi connectivity index (χ1n) is 8.30. The van der Waals surface area contributed by atoms with E-state index in [1.54, 1.807) is 0 Å². The molecule has 0 aromatic heterocycles. The third-order valence-electron chi connectivity index (χ3n) is 5.23. The van der Waals surface area contributed by atoms with Crippen LogP contribution >= 0.6 is 0 Å². The monoisotopic (exact) mass is 273 g/mol. The predicted octanol–water partition coefficient (Wildman–Crippen LogP) is 4.24. The summed E-state index contributed by atoms with van der Waals surface area (Å²) >= 11 is 0. The van der Waals surface area contributed by atoms with Crippen molar-refractivity contribution >= 4 is 0 Å². The van der Waals surface area contributed by atoms with Gasteiger partial charge in [-0.25, -0.2) is 0 Å². The average molecular weight is 273 g/mol. The first-order valence-corrected chi connectivity index (χ1v) is 8.30. The van der Waals surface area contributed by atoms with Crippen molar-refractivity contribution in [1.29, 1.82) is 0 Å². The molecular formula is C18H27NO. The fourth-order valence-corrected chi connectivity index (χ4v) is 3.88. The van der Waals surface area contributed by atoms with Crippen molar-refractivity contribution in [2.24, 2.45) is 11.7 Å². The summed E-state index contributed by atoms with van der Waals surface area (Å²) in [7, 11) is 0. The SMILES string of the molecule is CCC1C(N)CC1c1ccc(OC2CCCCC2)cc1. The topological polar surface area (TPSA) is 35.2 Å². The molecule has 0 saturated heterocycles. The summed E-state index contributed by atoms with van der Waals surface area (Å²) in [5.41, 5.74) is 7.53. The van der Waals surface area contributed by atoms with Crippen molar-refractivity contribution in [3.8, 4) is 5.75 Å². The van der Waals surface area contributed by atoms with Gasteiger partial charge in [0.15, 0.2) is 0 Å². The minimum absolute atomic E-state index is 0.406. The minimum Gasteiger partial charge on any atom is -0.490 e. The van der Waals surface area contributed by atoms with Gasteiger partial charge in [0.05, 0.1) is 6.10 Å². The van der Waals surface area contributed by atoms with Crippen LogP contribution in [0.1, 0.15) is 63.4 Å².